The van der Waals surface area contributed by atoms with Crippen LogP contribution in [0, 0.1) is 0 Å². The number of hydrogen-bond donors (Lipinski definition) is 0. The fourth-order valence-electron chi connectivity index (χ4n) is 7.05. The summed E-state index contributed by atoms with van der Waals surface area (Å²) in [6.45, 7) is 6.36. The summed E-state index contributed by atoms with van der Waals surface area (Å²) < 4.78 is 16.8. The summed E-state index contributed by atoms with van der Waals surface area (Å²) in [6, 6.07) is 0. The van der Waals surface area contributed by atoms with Crippen molar-refractivity contribution in [2.75, 3.05) is 13.2 Å². The zero-order valence-corrected chi connectivity index (χ0v) is 45.4. The Balaban J connectivity index is 4.61. The molecule has 6 nitrogen and oxygen atoms in total. The minimum atomic E-state index is -0.837. The van der Waals surface area contributed by atoms with Crippen LogP contribution >= 0.6 is 0 Å². The molecule has 0 saturated heterocycles. The van der Waals surface area contributed by atoms with Crippen molar-refractivity contribution in [3.63, 3.8) is 0 Å². The molecule has 6 heteroatoms. The molecule has 0 unspecified atom stereocenters. The Morgan fingerprint density at radius 2 is 0.563 bits per heavy atom. The molecule has 0 saturated carbocycles. The summed E-state index contributed by atoms with van der Waals surface area (Å²) in [4.78, 5) is 38.1. The maximum absolute atomic E-state index is 12.8. The third-order valence-electron chi connectivity index (χ3n) is 11.3. The van der Waals surface area contributed by atoms with Crippen LogP contribution in [0.15, 0.2) is 146 Å². The first-order chi connectivity index (χ1) is 35.0. The first kappa shape index (κ1) is 66.3. The number of rotatable bonds is 49. The molecule has 0 amide bonds. The average Bonchev–Trinajstić information content (AvgIpc) is 3.37. The SMILES string of the molecule is CC/C=C\C/C=C\C/C=C\C/C=C\C/C=C\CCCCCC(=O)OC[C@@H](COC(=O)CCCCCC/C=C\C/C=C\C/C=C\CCCCC)OC(=O)CCC/C=C\C/C=C\C/C=C\C/C=C\CCCCC. The maximum atomic E-state index is 12.8. The smallest absolute Gasteiger partial charge is 0.306 e. The first-order valence-electron chi connectivity index (χ1n) is 28.3. The average molecular weight is 980 g/mol. The van der Waals surface area contributed by atoms with Gasteiger partial charge in [-0.1, -0.05) is 212 Å². The minimum Gasteiger partial charge on any atom is -0.462 e. The summed E-state index contributed by atoms with van der Waals surface area (Å²) in [5, 5.41) is 0. The predicted octanol–water partition coefficient (Wildman–Crippen LogP) is 19.2. The molecule has 0 N–H and O–H groups in total. The summed E-state index contributed by atoms with van der Waals surface area (Å²) >= 11 is 0. The van der Waals surface area contributed by atoms with Crippen molar-refractivity contribution in [3.05, 3.63) is 146 Å². The summed E-state index contributed by atoms with van der Waals surface area (Å²) in [6.07, 6.45) is 82.6. The van der Waals surface area contributed by atoms with Crippen LogP contribution in [-0.2, 0) is 28.6 Å². The van der Waals surface area contributed by atoms with E-state index in [2.05, 4.69) is 167 Å². The zero-order valence-electron chi connectivity index (χ0n) is 45.4. The van der Waals surface area contributed by atoms with Crippen molar-refractivity contribution < 1.29 is 28.6 Å². The molecule has 0 rings (SSSR count). The summed E-state index contributed by atoms with van der Waals surface area (Å²) in [5.74, 6) is -1.05. The normalized spacial score (nSPS) is 13.2. The van der Waals surface area contributed by atoms with E-state index in [-0.39, 0.29) is 37.5 Å². The molecule has 0 spiro atoms. The molecule has 1 atom stereocenters. The third kappa shape index (κ3) is 56.1. The number of unbranched alkanes of at least 4 members (excludes halogenated alkanes) is 14. The Kier molecular flexibility index (Phi) is 54.0. The molecular weight excluding hydrogens is 877 g/mol. The van der Waals surface area contributed by atoms with Gasteiger partial charge in [-0.2, -0.15) is 0 Å². The fraction of sp³-hybridized carbons (Fsp3) is 0.585. The van der Waals surface area contributed by atoms with Gasteiger partial charge in [0, 0.05) is 19.3 Å². The van der Waals surface area contributed by atoms with Gasteiger partial charge in [-0.05, 0) is 141 Å². The molecule has 0 aliphatic rings. The summed E-state index contributed by atoms with van der Waals surface area (Å²) in [7, 11) is 0. The van der Waals surface area contributed by atoms with Crippen LogP contribution in [0.25, 0.3) is 0 Å². The quantitative estimate of drug-likeness (QED) is 0.0262. The number of ether oxygens (including phenoxy) is 3. The van der Waals surface area contributed by atoms with Gasteiger partial charge in [0.15, 0.2) is 6.10 Å². The third-order valence-corrected chi connectivity index (χ3v) is 11.3. The molecule has 0 fully saturated rings. The highest BCUT2D eigenvalue weighted by Gasteiger charge is 2.19. The monoisotopic (exact) mass is 979 g/mol. The molecule has 0 aliphatic carbocycles. The fourth-order valence-corrected chi connectivity index (χ4v) is 7.05. The second-order valence-electron chi connectivity index (χ2n) is 18.1. The van der Waals surface area contributed by atoms with Crippen LogP contribution in [-0.4, -0.2) is 37.2 Å². The second-order valence-corrected chi connectivity index (χ2v) is 18.1. The van der Waals surface area contributed by atoms with E-state index < -0.39 is 6.10 Å². The van der Waals surface area contributed by atoms with Crippen LogP contribution in [0.3, 0.4) is 0 Å². The van der Waals surface area contributed by atoms with E-state index in [1.54, 1.807) is 0 Å². The number of esters is 3. The lowest BCUT2D eigenvalue weighted by Crippen LogP contribution is -2.30. The topological polar surface area (TPSA) is 78.9 Å². The molecule has 0 heterocycles. The van der Waals surface area contributed by atoms with Gasteiger partial charge in [-0.25, -0.2) is 0 Å². The van der Waals surface area contributed by atoms with Gasteiger partial charge in [0.2, 0.25) is 0 Å². The van der Waals surface area contributed by atoms with Crippen molar-refractivity contribution in [1.82, 2.24) is 0 Å². The second kappa shape index (κ2) is 57.9. The van der Waals surface area contributed by atoms with E-state index in [4.69, 9.17) is 14.2 Å². The predicted molar refractivity (Wildman–Crippen MR) is 306 cm³/mol. The minimum absolute atomic E-state index is 0.128. The van der Waals surface area contributed by atoms with Crippen molar-refractivity contribution in [3.8, 4) is 0 Å². The number of allylic oxidation sites excluding steroid dienone is 24. The Bertz CT molecular complexity index is 1590. The molecule has 0 bridgehead atoms. The highest BCUT2D eigenvalue weighted by Crippen LogP contribution is 2.11. The molecule has 0 aromatic rings. The van der Waals surface area contributed by atoms with Gasteiger partial charge in [-0.15, -0.1) is 0 Å². The van der Waals surface area contributed by atoms with E-state index in [1.165, 1.54) is 51.4 Å². The Hall–Kier alpha value is -4.71. The van der Waals surface area contributed by atoms with Gasteiger partial charge in [-0.3, -0.25) is 14.4 Å². The van der Waals surface area contributed by atoms with Gasteiger partial charge in [0.05, 0.1) is 0 Å². The van der Waals surface area contributed by atoms with E-state index in [9.17, 15) is 14.4 Å². The van der Waals surface area contributed by atoms with E-state index in [0.717, 1.165) is 128 Å². The van der Waals surface area contributed by atoms with Crippen molar-refractivity contribution in [2.45, 2.75) is 232 Å². The van der Waals surface area contributed by atoms with Crippen LogP contribution in [0.5, 0.6) is 0 Å². The molecule has 0 aromatic heterocycles. The molecule has 398 valence electrons. The summed E-state index contributed by atoms with van der Waals surface area (Å²) in [5.41, 5.74) is 0. The van der Waals surface area contributed by atoms with Gasteiger partial charge >= 0.3 is 17.9 Å². The lowest BCUT2D eigenvalue weighted by atomic mass is 10.1. The Morgan fingerprint density at radius 1 is 0.296 bits per heavy atom. The van der Waals surface area contributed by atoms with E-state index in [0.29, 0.717) is 19.3 Å². The maximum Gasteiger partial charge on any atom is 0.306 e. The van der Waals surface area contributed by atoms with Gasteiger partial charge in [0.25, 0.3) is 0 Å². The van der Waals surface area contributed by atoms with Crippen LogP contribution in [0.1, 0.15) is 226 Å². The van der Waals surface area contributed by atoms with Crippen LogP contribution < -0.4 is 0 Å². The van der Waals surface area contributed by atoms with Gasteiger partial charge < -0.3 is 14.2 Å². The van der Waals surface area contributed by atoms with Crippen molar-refractivity contribution >= 4 is 17.9 Å². The zero-order chi connectivity index (χ0) is 51.4. The number of hydrogen-bond acceptors (Lipinski definition) is 6. The lowest BCUT2D eigenvalue weighted by molar-refractivity contribution is -0.167. The van der Waals surface area contributed by atoms with Crippen LogP contribution in [0.4, 0.5) is 0 Å². The molecular formula is C65H102O6. The highest BCUT2D eigenvalue weighted by molar-refractivity contribution is 5.71. The van der Waals surface area contributed by atoms with Gasteiger partial charge in [0.1, 0.15) is 13.2 Å². The molecule has 71 heavy (non-hydrogen) atoms. The highest BCUT2D eigenvalue weighted by atomic mass is 16.6. The first-order valence-corrected chi connectivity index (χ1v) is 28.3. The van der Waals surface area contributed by atoms with Crippen molar-refractivity contribution in [1.29, 1.82) is 0 Å². The molecule has 0 aromatic carbocycles. The van der Waals surface area contributed by atoms with Crippen molar-refractivity contribution in [2.24, 2.45) is 0 Å². The van der Waals surface area contributed by atoms with E-state index >= 15 is 0 Å². The largest absolute Gasteiger partial charge is 0.462 e. The Morgan fingerprint density at radius 3 is 0.901 bits per heavy atom. The van der Waals surface area contributed by atoms with E-state index in [1.807, 2.05) is 0 Å². The Labute approximate surface area is 436 Å². The molecule has 0 aliphatic heterocycles. The van der Waals surface area contributed by atoms with Crippen LogP contribution in [0.2, 0.25) is 0 Å². The lowest BCUT2D eigenvalue weighted by Gasteiger charge is -2.18. The molecule has 0 radical (unpaired) electrons. The number of carbonyl (C=O) groups excluding carboxylic acids is 3. The number of carbonyl (C=O) groups is 3. The standard InChI is InChI=1S/C65H102O6/c1-4-7-10-13-16-19-22-25-28-31-32-35-37-40-43-46-49-52-55-58-64(67)70-61-62(71-65(68)59-56-53-50-47-44-41-38-34-30-27-24-21-18-15-12-9-6-3)60-69-63(66)57-54-51-48-45-42-39-36-33-29-26-23-20-17-14-11-8-5-2/h7,10,16-21,25-30,32,35-36,38-41,43,47,50,62H,4-6,8-9,11-15,22-24,31,33-34,37,42,44-46,48-49,51-61H2,1-3H3/b10-7-,19-16-,20-17-,21-18-,28-25-,29-26-,30-27-,35-32-,39-36-,41-38-,43-40-,50-47-/t62-/m1/s1.